The average Bonchev–Trinajstić information content (AvgIpc) is 3.51. The van der Waals surface area contributed by atoms with Crippen molar-refractivity contribution < 1.29 is 9.21 Å². The molecule has 2 saturated carbocycles. The van der Waals surface area contributed by atoms with E-state index < -0.39 is 0 Å². The molecule has 1 amide bonds. The smallest absolute Gasteiger partial charge is 0.223 e. The van der Waals surface area contributed by atoms with Crippen LogP contribution in [0.2, 0.25) is 0 Å². The van der Waals surface area contributed by atoms with Crippen LogP contribution in [-0.2, 0) is 4.79 Å². The van der Waals surface area contributed by atoms with Crippen LogP contribution in [0.1, 0.15) is 75.8 Å². The van der Waals surface area contributed by atoms with Crippen LogP contribution in [0, 0.1) is 11.8 Å². The molecule has 0 radical (unpaired) electrons. The van der Waals surface area contributed by atoms with Crippen molar-refractivity contribution in [2.24, 2.45) is 11.8 Å². The normalized spacial score (nSPS) is 28.5. The molecule has 4 nitrogen and oxygen atoms in total. The van der Waals surface area contributed by atoms with Crippen molar-refractivity contribution in [3.05, 3.63) is 36.1 Å². The van der Waals surface area contributed by atoms with E-state index in [1.54, 1.807) is 0 Å². The number of hydrogen-bond acceptors (Lipinski definition) is 3. The molecule has 1 atom stereocenters. The molecular weight excluding hydrogens is 360 g/mol. The number of rotatable bonds is 6. The minimum Gasteiger partial charge on any atom is -0.464 e. The van der Waals surface area contributed by atoms with Crippen LogP contribution in [0.4, 0.5) is 0 Å². The van der Waals surface area contributed by atoms with E-state index in [1.807, 2.05) is 12.3 Å². The largest absolute Gasteiger partial charge is 0.464 e. The van der Waals surface area contributed by atoms with E-state index in [9.17, 15) is 4.79 Å². The van der Waals surface area contributed by atoms with Crippen LogP contribution in [-0.4, -0.2) is 29.9 Å². The summed E-state index contributed by atoms with van der Waals surface area (Å²) in [4.78, 5) is 14.7. The van der Waals surface area contributed by atoms with Gasteiger partial charge in [-0.25, -0.2) is 0 Å². The lowest BCUT2D eigenvalue weighted by Gasteiger charge is -2.37. The second-order valence-electron chi connectivity index (χ2n) is 9.56. The number of piperidine rings is 1. The molecule has 156 valence electrons. The third kappa shape index (κ3) is 4.53. The molecule has 29 heavy (non-hydrogen) atoms. The molecule has 4 heteroatoms. The van der Waals surface area contributed by atoms with Gasteiger partial charge in [0.05, 0.1) is 6.26 Å². The van der Waals surface area contributed by atoms with Gasteiger partial charge in [-0.3, -0.25) is 9.69 Å². The highest BCUT2D eigenvalue weighted by Crippen LogP contribution is 2.36. The van der Waals surface area contributed by atoms with Crippen molar-refractivity contribution in [3.63, 3.8) is 0 Å². The standard InChI is InChI=1S/C25H34N2O2/c28-25(19-9-10-19)26-22-11-7-18(8-12-22)13-15-27-14-2-1-5-23(27)21-16-20-4-3-6-24(20)29-17-21/h3-4,6,16-19,22-23H,1-2,5,7-15H2,(H,26,28). The number of nitrogens with one attached hydrogen (secondary N) is 1. The van der Waals surface area contributed by atoms with Gasteiger partial charge in [0.25, 0.3) is 0 Å². The molecule has 3 aliphatic carbocycles. The van der Waals surface area contributed by atoms with E-state index in [2.05, 4.69) is 28.4 Å². The van der Waals surface area contributed by atoms with Crippen LogP contribution >= 0.6 is 0 Å². The minimum atomic E-state index is 0.316. The first-order chi connectivity index (χ1) is 14.3. The topological polar surface area (TPSA) is 45.5 Å². The lowest BCUT2D eigenvalue weighted by Crippen LogP contribution is -2.39. The molecule has 3 fully saturated rings. The maximum absolute atomic E-state index is 12.0. The first-order valence-corrected chi connectivity index (χ1v) is 11.8. The molecule has 1 saturated heterocycles. The van der Waals surface area contributed by atoms with Crippen LogP contribution in [0.3, 0.4) is 0 Å². The highest BCUT2D eigenvalue weighted by atomic mass is 16.3. The lowest BCUT2D eigenvalue weighted by molar-refractivity contribution is -0.123. The summed E-state index contributed by atoms with van der Waals surface area (Å²) in [5.41, 5.74) is 2.56. The molecule has 0 spiro atoms. The van der Waals surface area contributed by atoms with Gasteiger partial charge in [-0.2, -0.15) is 0 Å². The van der Waals surface area contributed by atoms with Gasteiger partial charge in [-0.05, 0) is 88.9 Å². The summed E-state index contributed by atoms with van der Waals surface area (Å²) in [5.74, 6) is 2.45. The number of amides is 1. The SMILES string of the molecule is O=C(NC1CCC(CCN2CCCCC2c2coc3cccc-3c2)CC1)C1CC1. The number of hydrogen-bond donors (Lipinski definition) is 1. The molecule has 5 aliphatic rings. The fourth-order valence-electron chi connectivity index (χ4n) is 5.41. The Kier molecular flexibility index (Phi) is 5.63. The minimum absolute atomic E-state index is 0.316. The monoisotopic (exact) mass is 394 g/mol. The Hall–Kier alpha value is -1.81. The summed E-state index contributed by atoms with van der Waals surface area (Å²) in [7, 11) is 0. The maximum Gasteiger partial charge on any atom is 0.223 e. The molecule has 5 rings (SSSR count). The Morgan fingerprint density at radius 2 is 1.93 bits per heavy atom. The molecule has 0 aromatic heterocycles. The summed E-state index contributed by atoms with van der Waals surface area (Å²) in [6.07, 6.45) is 14.2. The molecule has 1 N–H and O–H groups in total. The molecule has 0 bridgehead atoms. The van der Waals surface area contributed by atoms with Gasteiger partial charge in [0.1, 0.15) is 5.76 Å². The Labute approximate surface area is 174 Å². The summed E-state index contributed by atoms with van der Waals surface area (Å²) in [6.45, 7) is 2.39. The Balaban J connectivity index is 1.13. The molecule has 2 heterocycles. The number of carbonyl (C=O) groups is 1. The third-order valence-corrected chi connectivity index (χ3v) is 7.42. The van der Waals surface area contributed by atoms with Crippen molar-refractivity contribution in [1.82, 2.24) is 10.2 Å². The van der Waals surface area contributed by atoms with Crippen LogP contribution in [0.25, 0.3) is 11.3 Å². The fourth-order valence-corrected chi connectivity index (χ4v) is 5.41. The first kappa shape index (κ1) is 19.2. The fraction of sp³-hybridized carbons (Fsp3) is 0.640. The van der Waals surface area contributed by atoms with Crippen molar-refractivity contribution >= 4 is 5.91 Å². The second-order valence-corrected chi connectivity index (χ2v) is 9.56. The van der Waals surface area contributed by atoms with E-state index in [0.717, 1.165) is 24.5 Å². The highest BCUT2D eigenvalue weighted by Gasteiger charge is 2.32. The first-order valence-electron chi connectivity index (χ1n) is 11.8. The summed E-state index contributed by atoms with van der Waals surface area (Å²) < 4.78 is 5.88. The Morgan fingerprint density at radius 1 is 1.07 bits per heavy atom. The second kappa shape index (κ2) is 8.51. The summed E-state index contributed by atoms with van der Waals surface area (Å²) >= 11 is 0. The van der Waals surface area contributed by atoms with E-state index in [-0.39, 0.29) is 0 Å². The zero-order valence-corrected chi connectivity index (χ0v) is 17.4. The van der Waals surface area contributed by atoms with Crippen molar-refractivity contribution in [1.29, 1.82) is 0 Å². The van der Waals surface area contributed by atoms with Gasteiger partial charge in [0, 0.05) is 29.1 Å². The van der Waals surface area contributed by atoms with Crippen LogP contribution in [0.5, 0.6) is 0 Å². The number of likely N-dealkylation sites (tertiary alicyclic amines) is 1. The van der Waals surface area contributed by atoms with E-state index in [0.29, 0.717) is 23.9 Å². The Morgan fingerprint density at radius 3 is 2.76 bits per heavy atom. The van der Waals surface area contributed by atoms with Gasteiger partial charge in [-0.1, -0.05) is 18.6 Å². The van der Waals surface area contributed by atoms with Crippen molar-refractivity contribution in [2.45, 2.75) is 76.3 Å². The van der Waals surface area contributed by atoms with Crippen molar-refractivity contribution in [2.75, 3.05) is 13.1 Å². The zero-order valence-electron chi connectivity index (χ0n) is 17.4. The van der Waals surface area contributed by atoms with Crippen LogP contribution < -0.4 is 5.32 Å². The molecule has 2 aliphatic heterocycles. The van der Waals surface area contributed by atoms with Crippen molar-refractivity contribution in [3.8, 4) is 11.3 Å². The third-order valence-electron chi connectivity index (χ3n) is 7.42. The molecule has 1 unspecified atom stereocenters. The van der Waals surface area contributed by atoms with Crippen LogP contribution in [0.15, 0.2) is 34.9 Å². The predicted molar refractivity (Wildman–Crippen MR) is 115 cm³/mol. The average molecular weight is 395 g/mol. The molecular formula is C25H34N2O2. The van der Waals surface area contributed by atoms with E-state index >= 15 is 0 Å². The lowest BCUT2D eigenvalue weighted by atomic mass is 9.83. The predicted octanol–water partition coefficient (Wildman–Crippen LogP) is 5.39. The van der Waals surface area contributed by atoms with E-state index in [4.69, 9.17) is 4.42 Å². The quantitative estimate of drug-likeness (QED) is 0.715. The van der Waals surface area contributed by atoms with E-state index in [1.165, 1.54) is 75.6 Å². The molecule has 0 aromatic rings. The van der Waals surface area contributed by atoms with Gasteiger partial charge >= 0.3 is 0 Å². The summed E-state index contributed by atoms with van der Waals surface area (Å²) in [6, 6.07) is 9.52. The van der Waals surface area contributed by atoms with Gasteiger partial charge in [0.2, 0.25) is 5.91 Å². The number of fused-ring (bicyclic) bond motifs is 1. The van der Waals surface area contributed by atoms with Gasteiger partial charge < -0.3 is 9.73 Å². The zero-order chi connectivity index (χ0) is 19.6. The maximum atomic E-state index is 12.0. The molecule has 0 aromatic carbocycles. The van der Waals surface area contributed by atoms with Gasteiger partial charge in [-0.15, -0.1) is 0 Å². The Bertz CT molecular complexity index is 788. The summed E-state index contributed by atoms with van der Waals surface area (Å²) in [5, 5.41) is 3.29. The van der Waals surface area contributed by atoms with Gasteiger partial charge in [0.15, 0.2) is 0 Å². The highest BCUT2D eigenvalue weighted by molar-refractivity contribution is 5.81. The number of nitrogens with zero attached hydrogens (tertiary/aromatic N) is 1. The number of carbonyl (C=O) groups excluding carboxylic acids is 1.